The Kier molecular flexibility index (Phi) is 7.43. The van der Waals surface area contributed by atoms with E-state index in [1.807, 2.05) is 6.07 Å². The number of hydrogen-bond donors (Lipinski definition) is 0. The Balaban J connectivity index is 1.17. The van der Waals surface area contributed by atoms with Crippen LogP contribution in [0.25, 0.3) is 142 Å². The van der Waals surface area contributed by atoms with Gasteiger partial charge in [0.05, 0.1) is 0 Å². The van der Waals surface area contributed by atoms with Gasteiger partial charge >= 0.3 is 0 Å². The van der Waals surface area contributed by atoms with Crippen molar-refractivity contribution in [3.05, 3.63) is 218 Å². The fourth-order valence-corrected chi connectivity index (χ4v) is 11.0. The summed E-state index contributed by atoms with van der Waals surface area (Å²) in [5, 5.41) is 16.4. The highest BCUT2D eigenvalue weighted by Crippen LogP contribution is 2.52. The van der Waals surface area contributed by atoms with Gasteiger partial charge in [-0.2, -0.15) is 0 Å². The smallest absolute Gasteiger partial charge is 0.143 e. The standard InChI is InChI=1S/C62H36O2/c1-3-17-37(18-4-1)55-41-21-7-9-23-43(41)57(44-24-10-8-22-42(44)55)39-31-33-47-50(35-39)59(46-26-12-11-25-45(46)56(47)38-19-5-2-6-20-38)51-36-40-32-34-54-60(48-27-13-15-29-52(48)63-54)58(40)61-49-28-14-16-30-53(49)64-62(51)61/h1-36H. The average Bonchev–Trinajstić information content (AvgIpc) is 3.94. The third-order valence-corrected chi connectivity index (χ3v) is 13.6. The molecule has 0 aliphatic heterocycles. The lowest BCUT2D eigenvalue weighted by molar-refractivity contribution is 0.669. The molecule has 0 fully saturated rings. The second kappa shape index (κ2) is 13.5. The van der Waals surface area contributed by atoms with Gasteiger partial charge in [-0.3, -0.25) is 0 Å². The van der Waals surface area contributed by atoms with Crippen LogP contribution < -0.4 is 0 Å². The molecule has 0 amide bonds. The Bertz CT molecular complexity index is 4170. The molecule has 64 heavy (non-hydrogen) atoms. The molecule has 0 spiro atoms. The fraction of sp³-hybridized carbons (Fsp3) is 0. The van der Waals surface area contributed by atoms with Gasteiger partial charge in [-0.1, -0.05) is 188 Å². The molecule has 0 aliphatic carbocycles. The molecule has 0 bridgehead atoms. The second-order valence-electron chi connectivity index (χ2n) is 17.0. The van der Waals surface area contributed by atoms with Crippen molar-refractivity contribution in [2.24, 2.45) is 0 Å². The van der Waals surface area contributed by atoms with E-state index < -0.39 is 0 Å². The molecule has 2 heterocycles. The summed E-state index contributed by atoms with van der Waals surface area (Å²) in [6, 6.07) is 79.3. The van der Waals surface area contributed by atoms with E-state index in [9.17, 15) is 0 Å². The highest BCUT2D eigenvalue weighted by atomic mass is 16.3. The third-order valence-electron chi connectivity index (χ3n) is 13.6. The first-order valence-electron chi connectivity index (χ1n) is 22.0. The Morgan fingerprint density at radius 1 is 0.234 bits per heavy atom. The summed E-state index contributed by atoms with van der Waals surface area (Å²) in [5.74, 6) is 0. The summed E-state index contributed by atoms with van der Waals surface area (Å²) >= 11 is 0. The maximum Gasteiger partial charge on any atom is 0.143 e. The van der Waals surface area contributed by atoms with Gasteiger partial charge in [0.15, 0.2) is 0 Å². The number of fused-ring (bicyclic) bond motifs is 13. The minimum atomic E-state index is 0.864. The molecular formula is C62H36O2. The van der Waals surface area contributed by atoms with Gasteiger partial charge in [-0.25, -0.2) is 0 Å². The summed E-state index contributed by atoms with van der Waals surface area (Å²) in [7, 11) is 0. The van der Waals surface area contributed by atoms with Gasteiger partial charge in [0.1, 0.15) is 22.3 Å². The van der Waals surface area contributed by atoms with Crippen LogP contribution in [0, 0.1) is 0 Å². The first kappa shape index (κ1) is 35.2. The minimum Gasteiger partial charge on any atom is -0.456 e. The number of furan rings is 2. The predicted molar refractivity (Wildman–Crippen MR) is 270 cm³/mol. The Labute approximate surface area is 367 Å². The Morgan fingerprint density at radius 3 is 1.23 bits per heavy atom. The number of benzene rings is 12. The minimum absolute atomic E-state index is 0.864. The zero-order valence-electron chi connectivity index (χ0n) is 34.6. The van der Waals surface area contributed by atoms with Crippen LogP contribution in [-0.2, 0) is 0 Å². The molecule has 0 saturated carbocycles. The van der Waals surface area contributed by atoms with E-state index in [-0.39, 0.29) is 0 Å². The topological polar surface area (TPSA) is 26.3 Å². The molecule has 12 aromatic carbocycles. The zero-order valence-corrected chi connectivity index (χ0v) is 34.6. The van der Waals surface area contributed by atoms with Crippen LogP contribution in [-0.4, -0.2) is 0 Å². The fourth-order valence-electron chi connectivity index (χ4n) is 11.0. The van der Waals surface area contributed by atoms with Crippen LogP contribution in [0.1, 0.15) is 0 Å². The molecule has 0 radical (unpaired) electrons. The first-order valence-corrected chi connectivity index (χ1v) is 22.0. The molecule has 14 aromatic rings. The molecule has 14 rings (SSSR count). The summed E-state index contributed by atoms with van der Waals surface area (Å²) in [6.07, 6.45) is 0. The maximum atomic E-state index is 7.15. The van der Waals surface area contributed by atoms with E-state index >= 15 is 0 Å². The third kappa shape index (κ3) is 4.96. The molecule has 0 unspecified atom stereocenters. The molecule has 0 aliphatic rings. The van der Waals surface area contributed by atoms with E-state index in [2.05, 4.69) is 212 Å². The average molecular weight is 813 g/mol. The van der Waals surface area contributed by atoms with Crippen molar-refractivity contribution in [3.8, 4) is 44.5 Å². The molecule has 0 atom stereocenters. The highest BCUT2D eigenvalue weighted by molar-refractivity contribution is 6.35. The predicted octanol–water partition coefficient (Wildman–Crippen LogP) is 17.9. The Morgan fingerprint density at radius 2 is 0.672 bits per heavy atom. The van der Waals surface area contributed by atoms with Crippen molar-refractivity contribution in [2.75, 3.05) is 0 Å². The van der Waals surface area contributed by atoms with Crippen LogP contribution in [0.4, 0.5) is 0 Å². The van der Waals surface area contributed by atoms with E-state index in [4.69, 9.17) is 8.83 Å². The van der Waals surface area contributed by atoms with Crippen molar-refractivity contribution in [1.29, 1.82) is 0 Å². The lowest BCUT2D eigenvalue weighted by Crippen LogP contribution is -1.94. The Hall–Kier alpha value is -8.46. The second-order valence-corrected chi connectivity index (χ2v) is 17.0. The number of hydrogen-bond acceptors (Lipinski definition) is 2. The normalized spacial score (nSPS) is 12.1. The van der Waals surface area contributed by atoms with Crippen LogP contribution >= 0.6 is 0 Å². The number of rotatable bonds is 4. The van der Waals surface area contributed by atoms with Crippen LogP contribution in [0.3, 0.4) is 0 Å². The molecule has 2 nitrogen and oxygen atoms in total. The van der Waals surface area contributed by atoms with Crippen LogP contribution in [0.5, 0.6) is 0 Å². The first-order chi connectivity index (χ1) is 31.8. The summed E-state index contributed by atoms with van der Waals surface area (Å²) in [6.45, 7) is 0. The largest absolute Gasteiger partial charge is 0.456 e. The van der Waals surface area contributed by atoms with Gasteiger partial charge < -0.3 is 8.83 Å². The lowest BCUT2D eigenvalue weighted by Gasteiger charge is -2.21. The van der Waals surface area contributed by atoms with Crippen molar-refractivity contribution >= 4 is 97.7 Å². The molecule has 0 saturated heterocycles. The lowest BCUT2D eigenvalue weighted by atomic mass is 9.82. The molecular weight excluding hydrogens is 777 g/mol. The van der Waals surface area contributed by atoms with E-state index in [0.717, 1.165) is 65.8 Å². The van der Waals surface area contributed by atoms with Gasteiger partial charge in [0.2, 0.25) is 0 Å². The number of para-hydroxylation sites is 2. The molecule has 2 aromatic heterocycles. The van der Waals surface area contributed by atoms with Crippen molar-refractivity contribution in [3.63, 3.8) is 0 Å². The molecule has 2 heteroatoms. The van der Waals surface area contributed by atoms with Gasteiger partial charge in [-0.15, -0.1) is 0 Å². The van der Waals surface area contributed by atoms with E-state index in [1.54, 1.807) is 0 Å². The van der Waals surface area contributed by atoms with Crippen molar-refractivity contribution in [1.82, 2.24) is 0 Å². The van der Waals surface area contributed by atoms with Crippen molar-refractivity contribution < 1.29 is 8.83 Å². The van der Waals surface area contributed by atoms with Gasteiger partial charge in [-0.05, 0) is 112 Å². The highest BCUT2D eigenvalue weighted by Gasteiger charge is 2.25. The van der Waals surface area contributed by atoms with E-state index in [0.29, 0.717) is 0 Å². The van der Waals surface area contributed by atoms with Crippen molar-refractivity contribution in [2.45, 2.75) is 0 Å². The van der Waals surface area contributed by atoms with Crippen LogP contribution in [0.2, 0.25) is 0 Å². The quantitative estimate of drug-likeness (QED) is 0.166. The SMILES string of the molecule is c1ccc(-c2c3ccccc3c(-c3ccc4c(-c5ccccc5)c5ccccc5c(-c5cc6ccc7oc8ccccc8c7c6c6c5oc5ccccc56)c4c3)c3ccccc23)cc1. The molecule has 296 valence electrons. The summed E-state index contributed by atoms with van der Waals surface area (Å²) in [5.41, 5.74) is 13.0. The zero-order chi connectivity index (χ0) is 41.9. The monoisotopic (exact) mass is 812 g/mol. The summed E-state index contributed by atoms with van der Waals surface area (Å²) < 4.78 is 13.7. The molecule has 0 N–H and O–H groups in total. The van der Waals surface area contributed by atoms with Crippen LogP contribution in [0.15, 0.2) is 227 Å². The maximum absolute atomic E-state index is 7.15. The summed E-state index contributed by atoms with van der Waals surface area (Å²) in [4.78, 5) is 0. The van der Waals surface area contributed by atoms with E-state index in [1.165, 1.54) is 76.5 Å². The van der Waals surface area contributed by atoms with Gasteiger partial charge in [0, 0.05) is 38.1 Å². The van der Waals surface area contributed by atoms with Gasteiger partial charge in [0.25, 0.3) is 0 Å².